The molecule has 0 saturated carbocycles. The number of imidazole rings is 1. The second-order valence-electron chi connectivity index (χ2n) is 8.01. The number of nitrogens with zero attached hydrogens (tertiary/aromatic N) is 3. The third-order valence-corrected chi connectivity index (χ3v) is 6.19. The predicted molar refractivity (Wildman–Crippen MR) is 122 cm³/mol. The molecule has 0 atom stereocenters. The molecule has 32 heavy (non-hydrogen) atoms. The smallest absolute Gasteiger partial charge is 0.177 e. The van der Waals surface area contributed by atoms with Crippen LogP contribution in [0.1, 0.15) is 31.3 Å². The number of aromatic amines is 1. The van der Waals surface area contributed by atoms with E-state index >= 15 is 0 Å². The fraction of sp³-hybridized carbons (Fsp3) is 0.208. The lowest BCUT2D eigenvalue weighted by atomic mass is 10.0. The first kappa shape index (κ1) is 21.8. The Hall–Kier alpha value is -3.39. The van der Waals surface area contributed by atoms with Crippen molar-refractivity contribution >= 4 is 9.84 Å². The number of aromatic nitrogens is 4. The highest BCUT2D eigenvalue weighted by Gasteiger charge is 2.19. The first-order valence-corrected chi connectivity index (χ1v) is 12.0. The summed E-state index contributed by atoms with van der Waals surface area (Å²) in [6.45, 7) is 6.00. The Balaban J connectivity index is 1.85. The average molecular weight is 451 g/mol. The molecule has 0 amide bonds. The van der Waals surface area contributed by atoms with Gasteiger partial charge in [0.2, 0.25) is 0 Å². The summed E-state index contributed by atoms with van der Waals surface area (Å²) in [5, 5.41) is 0. The minimum Gasteiger partial charge on any atom is -0.340 e. The van der Waals surface area contributed by atoms with E-state index in [4.69, 9.17) is 4.98 Å². The lowest BCUT2D eigenvalue weighted by Crippen LogP contribution is -1.98. The van der Waals surface area contributed by atoms with Gasteiger partial charge in [-0.2, -0.15) is 0 Å². The minimum atomic E-state index is -3.39. The van der Waals surface area contributed by atoms with E-state index in [2.05, 4.69) is 15.0 Å². The zero-order valence-electron chi connectivity index (χ0n) is 18.2. The van der Waals surface area contributed by atoms with Crippen molar-refractivity contribution in [3.05, 3.63) is 72.1 Å². The zero-order chi connectivity index (χ0) is 23.0. The van der Waals surface area contributed by atoms with E-state index in [1.807, 2.05) is 39.0 Å². The molecule has 1 aromatic carbocycles. The van der Waals surface area contributed by atoms with Crippen LogP contribution in [0.4, 0.5) is 4.39 Å². The Labute approximate surface area is 186 Å². The van der Waals surface area contributed by atoms with E-state index in [1.165, 1.54) is 24.4 Å². The van der Waals surface area contributed by atoms with E-state index in [0.717, 1.165) is 29.2 Å². The summed E-state index contributed by atoms with van der Waals surface area (Å²) < 4.78 is 38.1. The Morgan fingerprint density at radius 3 is 2.41 bits per heavy atom. The van der Waals surface area contributed by atoms with Crippen molar-refractivity contribution in [3.63, 3.8) is 0 Å². The molecule has 0 bridgehead atoms. The van der Waals surface area contributed by atoms with Gasteiger partial charge in [0.05, 0.1) is 27.7 Å². The van der Waals surface area contributed by atoms with Crippen molar-refractivity contribution in [1.29, 1.82) is 0 Å². The van der Waals surface area contributed by atoms with Gasteiger partial charge < -0.3 is 4.98 Å². The highest BCUT2D eigenvalue weighted by Crippen LogP contribution is 2.34. The number of hydrogen-bond acceptors (Lipinski definition) is 5. The first-order chi connectivity index (χ1) is 15.1. The van der Waals surface area contributed by atoms with Gasteiger partial charge in [0.15, 0.2) is 9.84 Å². The van der Waals surface area contributed by atoms with Gasteiger partial charge in [0.1, 0.15) is 11.6 Å². The molecule has 0 aliphatic heterocycles. The molecular weight excluding hydrogens is 427 g/mol. The maximum atomic E-state index is 14.7. The maximum absolute atomic E-state index is 14.7. The van der Waals surface area contributed by atoms with Gasteiger partial charge in [-0.3, -0.25) is 9.97 Å². The third-order valence-electron chi connectivity index (χ3n) is 5.09. The zero-order valence-corrected chi connectivity index (χ0v) is 19.0. The summed E-state index contributed by atoms with van der Waals surface area (Å²) in [5.74, 6) is 0.514. The molecule has 0 fully saturated rings. The van der Waals surface area contributed by atoms with E-state index in [1.54, 1.807) is 12.1 Å². The molecular formula is C24H23FN4O2S. The molecule has 4 rings (SSSR count). The molecule has 6 nitrogen and oxygen atoms in total. The van der Waals surface area contributed by atoms with Crippen LogP contribution in [0.25, 0.3) is 33.9 Å². The summed E-state index contributed by atoms with van der Waals surface area (Å²) in [4.78, 5) is 17.0. The molecule has 3 aromatic heterocycles. The fourth-order valence-corrected chi connectivity index (χ4v) is 3.93. The highest BCUT2D eigenvalue weighted by molar-refractivity contribution is 7.90. The van der Waals surface area contributed by atoms with Gasteiger partial charge in [-0.25, -0.2) is 17.8 Å². The van der Waals surface area contributed by atoms with Crippen LogP contribution in [-0.4, -0.2) is 34.6 Å². The minimum absolute atomic E-state index is 0.0829. The SMILES string of the molecule is Cc1cccc(-c2[nH]c(C(C)C)nc2-c2ccc(F)c(-c3ccc(S(C)(=O)=O)cn3)c2)n1. The number of pyridine rings is 2. The molecule has 0 aliphatic rings. The summed E-state index contributed by atoms with van der Waals surface area (Å²) in [5.41, 5.74) is 4.37. The van der Waals surface area contributed by atoms with Gasteiger partial charge in [0.25, 0.3) is 0 Å². The van der Waals surface area contributed by atoms with E-state index in [0.29, 0.717) is 17.0 Å². The van der Waals surface area contributed by atoms with Crippen molar-refractivity contribution in [2.45, 2.75) is 31.6 Å². The number of halogens is 1. The van der Waals surface area contributed by atoms with Crippen LogP contribution in [0.15, 0.2) is 59.6 Å². The Morgan fingerprint density at radius 1 is 1.00 bits per heavy atom. The standard InChI is InChI=1S/C24H23FN4O2S/c1-14(2)24-28-22(23(29-24)21-7-5-6-15(3)27-21)16-8-10-19(25)18(12-16)20-11-9-17(13-26-20)32(4,30)31/h5-14H,1-4H3,(H,28,29). The summed E-state index contributed by atoms with van der Waals surface area (Å²) >= 11 is 0. The summed E-state index contributed by atoms with van der Waals surface area (Å²) in [6.07, 6.45) is 2.35. The van der Waals surface area contributed by atoms with Crippen molar-refractivity contribution in [2.24, 2.45) is 0 Å². The lowest BCUT2D eigenvalue weighted by Gasteiger charge is -2.08. The summed E-state index contributed by atoms with van der Waals surface area (Å²) in [6, 6.07) is 13.4. The van der Waals surface area contributed by atoms with Gasteiger partial charge >= 0.3 is 0 Å². The summed E-state index contributed by atoms with van der Waals surface area (Å²) in [7, 11) is -3.39. The molecule has 8 heteroatoms. The number of sulfone groups is 1. The number of nitrogens with one attached hydrogen (secondary N) is 1. The molecule has 0 unspecified atom stereocenters. The number of H-pyrrole nitrogens is 1. The molecule has 0 saturated heterocycles. The van der Waals surface area contributed by atoms with Gasteiger partial charge in [-0.05, 0) is 49.4 Å². The molecule has 0 aliphatic carbocycles. The van der Waals surface area contributed by atoms with Crippen molar-refractivity contribution in [3.8, 4) is 33.9 Å². The van der Waals surface area contributed by atoms with E-state index in [-0.39, 0.29) is 16.4 Å². The normalized spacial score (nSPS) is 11.8. The topological polar surface area (TPSA) is 88.6 Å². The molecule has 0 spiro atoms. The van der Waals surface area contributed by atoms with Crippen molar-refractivity contribution < 1.29 is 12.8 Å². The number of rotatable bonds is 5. The van der Waals surface area contributed by atoms with Crippen LogP contribution in [0, 0.1) is 12.7 Å². The number of hydrogen-bond donors (Lipinski definition) is 1. The average Bonchev–Trinajstić information content (AvgIpc) is 3.19. The quantitative estimate of drug-likeness (QED) is 0.453. The van der Waals surface area contributed by atoms with E-state index < -0.39 is 15.7 Å². The number of benzene rings is 1. The van der Waals surface area contributed by atoms with Gasteiger partial charge in [-0.1, -0.05) is 19.9 Å². The first-order valence-electron chi connectivity index (χ1n) is 10.1. The van der Waals surface area contributed by atoms with Crippen molar-refractivity contribution in [1.82, 2.24) is 19.9 Å². The van der Waals surface area contributed by atoms with Crippen LogP contribution in [0.2, 0.25) is 0 Å². The number of aryl methyl sites for hydroxylation is 1. The van der Waals surface area contributed by atoms with Crippen LogP contribution in [0.3, 0.4) is 0 Å². The predicted octanol–water partition coefficient (Wildman–Crippen LogP) is 5.18. The fourth-order valence-electron chi connectivity index (χ4n) is 3.37. The Bertz CT molecular complexity index is 1390. The molecule has 4 aromatic rings. The lowest BCUT2D eigenvalue weighted by molar-refractivity contribution is 0.601. The van der Waals surface area contributed by atoms with Crippen LogP contribution in [0.5, 0.6) is 0 Å². The second kappa shape index (κ2) is 8.27. The Kier molecular flexibility index (Phi) is 5.64. The van der Waals surface area contributed by atoms with E-state index in [9.17, 15) is 12.8 Å². The van der Waals surface area contributed by atoms with Crippen LogP contribution >= 0.6 is 0 Å². The van der Waals surface area contributed by atoms with Crippen molar-refractivity contribution in [2.75, 3.05) is 6.26 Å². The van der Waals surface area contributed by atoms with Crippen LogP contribution in [-0.2, 0) is 9.84 Å². The highest BCUT2D eigenvalue weighted by atomic mass is 32.2. The second-order valence-corrected chi connectivity index (χ2v) is 10.0. The largest absolute Gasteiger partial charge is 0.340 e. The molecule has 0 radical (unpaired) electrons. The Morgan fingerprint density at radius 2 is 1.78 bits per heavy atom. The molecule has 1 N–H and O–H groups in total. The molecule has 3 heterocycles. The van der Waals surface area contributed by atoms with Gasteiger partial charge in [0, 0.05) is 35.2 Å². The monoisotopic (exact) mass is 450 g/mol. The van der Waals surface area contributed by atoms with Gasteiger partial charge in [-0.15, -0.1) is 0 Å². The van der Waals surface area contributed by atoms with Crippen LogP contribution < -0.4 is 0 Å². The molecule has 164 valence electrons. The maximum Gasteiger partial charge on any atom is 0.177 e. The third kappa shape index (κ3) is 4.31.